The number of hydrogen-bond acceptors (Lipinski definition) is 3. The van der Waals surface area contributed by atoms with Gasteiger partial charge in [-0.25, -0.2) is 4.98 Å². The zero-order chi connectivity index (χ0) is 42.4. The van der Waals surface area contributed by atoms with Crippen LogP contribution in [0.2, 0.25) is 0 Å². The van der Waals surface area contributed by atoms with Crippen molar-refractivity contribution in [3.8, 4) is 56.0 Å². The molecule has 11 aromatic carbocycles. The Morgan fingerprint density at radius 1 is 0.297 bits per heavy atom. The molecule has 300 valence electrons. The van der Waals surface area contributed by atoms with Gasteiger partial charge < -0.3 is 9.32 Å². The van der Waals surface area contributed by atoms with Gasteiger partial charge in [0.1, 0.15) is 5.52 Å². The molecule has 0 fully saturated rings. The van der Waals surface area contributed by atoms with Gasteiger partial charge >= 0.3 is 0 Å². The summed E-state index contributed by atoms with van der Waals surface area (Å²) in [7, 11) is 0. The van der Waals surface area contributed by atoms with Crippen LogP contribution in [0.3, 0.4) is 0 Å². The lowest BCUT2D eigenvalue weighted by molar-refractivity contribution is 0.623. The Hall–Kier alpha value is -8.53. The monoisotopic (exact) mass is 816 g/mol. The molecule has 0 radical (unpaired) electrons. The van der Waals surface area contributed by atoms with E-state index < -0.39 is 0 Å². The highest BCUT2D eigenvalue weighted by Crippen LogP contribution is 2.41. The minimum Gasteiger partial charge on any atom is -0.435 e. The second kappa shape index (κ2) is 15.7. The maximum absolute atomic E-state index is 6.58. The van der Waals surface area contributed by atoms with Crippen LogP contribution in [0.15, 0.2) is 247 Å². The topological polar surface area (TPSA) is 29.3 Å². The first-order valence-corrected chi connectivity index (χ1v) is 21.8. The summed E-state index contributed by atoms with van der Waals surface area (Å²) in [6.07, 6.45) is 0. The lowest BCUT2D eigenvalue weighted by Crippen LogP contribution is -2.09. The van der Waals surface area contributed by atoms with Gasteiger partial charge in [-0.2, -0.15) is 0 Å². The van der Waals surface area contributed by atoms with Crippen LogP contribution in [0, 0.1) is 0 Å². The second-order valence-electron chi connectivity index (χ2n) is 16.3. The highest BCUT2D eigenvalue weighted by molar-refractivity contribution is 6.05. The van der Waals surface area contributed by atoms with E-state index in [0.717, 1.165) is 66.6 Å². The first-order chi connectivity index (χ1) is 31.7. The molecule has 3 heteroatoms. The Labute approximate surface area is 371 Å². The van der Waals surface area contributed by atoms with Gasteiger partial charge in [0, 0.05) is 28.0 Å². The van der Waals surface area contributed by atoms with Crippen molar-refractivity contribution < 1.29 is 4.42 Å². The standard InChI is InChI=1S/C61H40N2O/c1-3-13-43(14-4-1)57-39-49(48-24-23-46-31-37-59-60(58(46)40-48)64-61(62-59)50-25-22-41-12-7-8-16-47(41)38-50)30-36-56(57)45-28-34-53(35-29-45)63(51-18-5-2-6-19-51)52-32-26-44(27-33-52)55-21-11-17-42-15-9-10-20-54(42)55/h1-40H. The largest absolute Gasteiger partial charge is 0.435 e. The summed E-state index contributed by atoms with van der Waals surface area (Å²) in [6, 6.07) is 86.8. The van der Waals surface area contributed by atoms with Crippen LogP contribution in [-0.2, 0) is 0 Å². The van der Waals surface area contributed by atoms with Gasteiger partial charge in [0.2, 0.25) is 5.89 Å². The highest BCUT2D eigenvalue weighted by Gasteiger charge is 2.17. The van der Waals surface area contributed by atoms with E-state index in [1.54, 1.807) is 0 Å². The number of aromatic nitrogens is 1. The Kier molecular flexibility index (Phi) is 9.16. The molecular weight excluding hydrogens is 777 g/mol. The van der Waals surface area contributed by atoms with Crippen molar-refractivity contribution in [2.75, 3.05) is 4.90 Å². The number of hydrogen-bond donors (Lipinski definition) is 0. The smallest absolute Gasteiger partial charge is 0.227 e. The molecule has 64 heavy (non-hydrogen) atoms. The quantitative estimate of drug-likeness (QED) is 0.153. The van der Waals surface area contributed by atoms with Gasteiger partial charge in [0.25, 0.3) is 0 Å². The minimum atomic E-state index is 0.627. The van der Waals surface area contributed by atoms with Gasteiger partial charge in [-0.1, -0.05) is 176 Å². The lowest BCUT2D eigenvalue weighted by Gasteiger charge is -2.26. The van der Waals surface area contributed by atoms with Crippen LogP contribution < -0.4 is 4.90 Å². The van der Waals surface area contributed by atoms with E-state index in [0.29, 0.717) is 5.89 Å². The zero-order valence-corrected chi connectivity index (χ0v) is 34.9. The van der Waals surface area contributed by atoms with E-state index >= 15 is 0 Å². The van der Waals surface area contributed by atoms with Crippen LogP contribution in [0.1, 0.15) is 0 Å². The number of rotatable bonds is 8. The van der Waals surface area contributed by atoms with E-state index in [1.807, 2.05) is 0 Å². The van der Waals surface area contributed by atoms with Gasteiger partial charge in [0.05, 0.1) is 0 Å². The molecular formula is C61H40N2O. The van der Waals surface area contributed by atoms with Crippen LogP contribution in [0.25, 0.3) is 99.4 Å². The molecule has 1 aromatic heterocycles. The first-order valence-electron chi connectivity index (χ1n) is 21.8. The fourth-order valence-corrected chi connectivity index (χ4v) is 9.24. The van der Waals surface area contributed by atoms with Crippen molar-refractivity contribution in [3.05, 3.63) is 243 Å². The number of anilines is 3. The third-order valence-electron chi connectivity index (χ3n) is 12.5. The summed E-state index contributed by atoms with van der Waals surface area (Å²) in [5.74, 6) is 0.627. The molecule has 12 aromatic rings. The number of nitrogens with zero attached hydrogens (tertiary/aromatic N) is 2. The van der Waals surface area contributed by atoms with Crippen LogP contribution >= 0.6 is 0 Å². The van der Waals surface area contributed by atoms with Gasteiger partial charge in [-0.15, -0.1) is 0 Å². The number of oxazole rings is 1. The van der Waals surface area contributed by atoms with Crippen molar-refractivity contribution in [1.29, 1.82) is 0 Å². The van der Waals surface area contributed by atoms with Crippen molar-refractivity contribution in [2.24, 2.45) is 0 Å². The Morgan fingerprint density at radius 2 is 0.828 bits per heavy atom. The second-order valence-corrected chi connectivity index (χ2v) is 16.3. The summed E-state index contributed by atoms with van der Waals surface area (Å²) in [5.41, 5.74) is 15.2. The highest BCUT2D eigenvalue weighted by atomic mass is 16.3. The van der Waals surface area contributed by atoms with Crippen LogP contribution in [-0.4, -0.2) is 4.98 Å². The number of benzene rings is 11. The summed E-state index contributed by atoms with van der Waals surface area (Å²) in [6.45, 7) is 0. The van der Waals surface area contributed by atoms with E-state index in [4.69, 9.17) is 9.40 Å². The van der Waals surface area contributed by atoms with Crippen LogP contribution in [0.5, 0.6) is 0 Å². The van der Waals surface area contributed by atoms with Crippen molar-refractivity contribution >= 4 is 60.5 Å². The molecule has 0 aliphatic carbocycles. The summed E-state index contributed by atoms with van der Waals surface area (Å²) >= 11 is 0. The Morgan fingerprint density at radius 3 is 1.61 bits per heavy atom. The molecule has 12 rings (SSSR count). The average molecular weight is 817 g/mol. The maximum atomic E-state index is 6.58. The van der Waals surface area contributed by atoms with Crippen molar-refractivity contribution in [3.63, 3.8) is 0 Å². The average Bonchev–Trinajstić information content (AvgIpc) is 3.82. The number of fused-ring (bicyclic) bond motifs is 5. The van der Waals surface area contributed by atoms with Crippen molar-refractivity contribution in [1.82, 2.24) is 4.98 Å². The van der Waals surface area contributed by atoms with Gasteiger partial charge in [-0.05, 0) is 138 Å². The van der Waals surface area contributed by atoms with E-state index in [9.17, 15) is 0 Å². The predicted octanol–water partition coefficient (Wildman–Crippen LogP) is 17.1. The molecule has 0 aliphatic rings. The third kappa shape index (κ3) is 6.77. The molecule has 0 spiro atoms. The molecule has 0 unspecified atom stereocenters. The molecule has 0 amide bonds. The molecule has 0 saturated carbocycles. The molecule has 0 aliphatic heterocycles. The van der Waals surface area contributed by atoms with Crippen LogP contribution in [0.4, 0.5) is 17.1 Å². The van der Waals surface area contributed by atoms with E-state index in [-0.39, 0.29) is 0 Å². The maximum Gasteiger partial charge on any atom is 0.227 e. The molecule has 1 heterocycles. The fraction of sp³-hybridized carbons (Fsp3) is 0. The van der Waals surface area contributed by atoms with E-state index in [2.05, 4.69) is 248 Å². The minimum absolute atomic E-state index is 0.627. The fourth-order valence-electron chi connectivity index (χ4n) is 9.24. The molecule has 0 bridgehead atoms. The Balaban J connectivity index is 0.902. The van der Waals surface area contributed by atoms with Gasteiger partial charge in [0.15, 0.2) is 5.58 Å². The zero-order valence-electron chi connectivity index (χ0n) is 34.9. The molecule has 0 atom stereocenters. The SMILES string of the molecule is c1ccc(-c2cc(-c3ccc4ccc5nc(-c6ccc7ccccc7c6)oc5c4c3)ccc2-c2ccc(N(c3ccccc3)c3ccc(-c4cccc5ccccc45)cc3)cc2)cc1. The summed E-state index contributed by atoms with van der Waals surface area (Å²) < 4.78 is 6.58. The lowest BCUT2D eigenvalue weighted by atomic mass is 9.90. The normalized spacial score (nSPS) is 11.4. The first kappa shape index (κ1) is 37.2. The van der Waals surface area contributed by atoms with E-state index in [1.165, 1.54) is 44.0 Å². The molecule has 3 nitrogen and oxygen atoms in total. The molecule has 0 saturated heterocycles. The third-order valence-corrected chi connectivity index (χ3v) is 12.5. The van der Waals surface area contributed by atoms with Gasteiger partial charge in [-0.3, -0.25) is 0 Å². The summed E-state index contributed by atoms with van der Waals surface area (Å²) in [4.78, 5) is 7.27. The predicted molar refractivity (Wildman–Crippen MR) is 268 cm³/mol. The Bertz CT molecular complexity index is 3640. The van der Waals surface area contributed by atoms with Crippen molar-refractivity contribution in [2.45, 2.75) is 0 Å². The number of para-hydroxylation sites is 1. The summed E-state index contributed by atoms with van der Waals surface area (Å²) in [5, 5.41) is 7.02. The molecule has 0 N–H and O–H groups in total.